The summed E-state index contributed by atoms with van der Waals surface area (Å²) in [5, 5.41) is 7.31. The molecular formula is C21H21Cl2N3O4. The highest BCUT2D eigenvalue weighted by molar-refractivity contribution is 6.42. The van der Waals surface area contributed by atoms with Crippen LogP contribution in [-0.4, -0.2) is 37.3 Å². The number of halogens is 2. The first-order valence-electron chi connectivity index (χ1n) is 9.41. The fourth-order valence-corrected chi connectivity index (χ4v) is 3.11. The number of nitrogens with zero attached hydrogens (tertiary/aromatic N) is 1. The van der Waals surface area contributed by atoms with Crippen molar-refractivity contribution in [3.8, 4) is 5.75 Å². The Morgan fingerprint density at radius 1 is 1.17 bits per heavy atom. The maximum atomic E-state index is 11.8. The summed E-state index contributed by atoms with van der Waals surface area (Å²) >= 11 is 11.9. The Labute approximate surface area is 184 Å². The van der Waals surface area contributed by atoms with Crippen molar-refractivity contribution in [1.29, 1.82) is 0 Å². The Balaban J connectivity index is 1.46. The van der Waals surface area contributed by atoms with Crippen LogP contribution < -0.4 is 15.5 Å². The van der Waals surface area contributed by atoms with Gasteiger partial charge in [-0.15, -0.1) is 0 Å². The molecule has 0 saturated carbocycles. The van der Waals surface area contributed by atoms with Gasteiger partial charge in [0.25, 0.3) is 0 Å². The Morgan fingerprint density at radius 3 is 2.80 bits per heavy atom. The van der Waals surface area contributed by atoms with E-state index in [0.717, 1.165) is 18.4 Å². The largest absolute Gasteiger partial charge is 0.489 e. The summed E-state index contributed by atoms with van der Waals surface area (Å²) in [5.74, 6) is -0.969. The molecule has 1 aliphatic rings. The van der Waals surface area contributed by atoms with Gasteiger partial charge >= 0.3 is 11.8 Å². The maximum Gasteiger partial charge on any atom is 0.329 e. The lowest BCUT2D eigenvalue weighted by molar-refractivity contribution is -0.139. The molecule has 1 atom stereocenters. The van der Waals surface area contributed by atoms with E-state index in [9.17, 15) is 9.59 Å². The molecule has 0 radical (unpaired) electrons. The molecule has 3 rings (SSSR count). The van der Waals surface area contributed by atoms with Crippen LogP contribution in [0.2, 0.25) is 10.0 Å². The molecule has 1 aliphatic heterocycles. The summed E-state index contributed by atoms with van der Waals surface area (Å²) < 4.78 is 11.1. The highest BCUT2D eigenvalue weighted by atomic mass is 35.5. The number of carbonyl (C=O) groups excluding carboxylic acids is 2. The number of nitrogens with one attached hydrogen (secondary N) is 2. The zero-order valence-electron chi connectivity index (χ0n) is 16.1. The third-order valence-electron chi connectivity index (χ3n) is 4.35. The van der Waals surface area contributed by atoms with Crippen LogP contribution >= 0.6 is 23.2 Å². The number of hydrazone groups is 1. The van der Waals surface area contributed by atoms with Crippen LogP contribution in [-0.2, 0) is 20.9 Å². The second-order valence-corrected chi connectivity index (χ2v) is 7.47. The lowest BCUT2D eigenvalue weighted by Crippen LogP contribution is -2.41. The molecule has 30 heavy (non-hydrogen) atoms. The first kappa shape index (κ1) is 22.1. The quantitative estimate of drug-likeness (QED) is 0.385. The highest BCUT2D eigenvalue weighted by Gasteiger charge is 2.18. The molecule has 1 saturated heterocycles. The fraction of sp³-hybridized carbons (Fsp3) is 0.286. The summed E-state index contributed by atoms with van der Waals surface area (Å²) in [4.78, 5) is 23.6. The van der Waals surface area contributed by atoms with Crippen molar-refractivity contribution in [1.82, 2.24) is 10.7 Å². The lowest BCUT2D eigenvalue weighted by Gasteiger charge is -2.09. The summed E-state index contributed by atoms with van der Waals surface area (Å²) in [6, 6.07) is 12.4. The third-order valence-corrected chi connectivity index (χ3v) is 5.09. The van der Waals surface area contributed by atoms with E-state index in [0.29, 0.717) is 41.1 Å². The van der Waals surface area contributed by atoms with Crippen LogP contribution in [0.5, 0.6) is 5.75 Å². The molecule has 1 heterocycles. The van der Waals surface area contributed by atoms with Crippen LogP contribution in [0.3, 0.4) is 0 Å². The van der Waals surface area contributed by atoms with Crippen LogP contribution in [0.1, 0.15) is 24.0 Å². The second kappa shape index (κ2) is 11.0. The van der Waals surface area contributed by atoms with Gasteiger partial charge in [0, 0.05) is 13.2 Å². The van der Waals surface area contributed by atoms with Crippen molar-refractivity contribution < 1.29 is 19.1 Å². The molecule has 7 nitrogen and oxygen atoms in total. The summed E-state index contributed by atoms with van der Waals surface area (Å²) in [7, 11) is 0. The molecular weight excluding hydrogens is 429 g/mol. The van der Waals surface area contributed by atoms with Crippen LogP contribution in [0.25, 0.3) is 0 Å². The van der Waals surface area contributed by atoms with Gasteiger partial charge < -0.3 is 14.8 Å². The van der Waals surface area contributed by atoms with E-state index in [2.05, 4.69) is 15.8 Å². The number of ether oxygens (including phenoxy) is 2. The molecule has 0 unspecified atom stereocenters. The number of hydrogen-bond donors (Lipinski definition) is 2. The van der Waals surface area contributed by atoms with E-state index in [1.54, 1.807) is 36.4 Å². The molecule has 1 fully saturated rings. The minimum Gasteiger partial charge on any atom is -0.489 e. The number of amides is 2. The van der Waals surface area contributed by atoms with Crippen molar-refractivity contribution in [3.63, 3.8) is 0 Å². The number of carbonyl (C=O) groups is 2. The van der Waals surface area contributed by atoms with Crippen molar-refractivity contribution in [2.75, 3.05) is 13.2 Å². The Kier molecular flexibility index (Phi) is 8.07. The zero-order chi connectivity index (χ0) is 21.3. The van der Waals surface area contributed by atoms with Gasteiger partial charge in [0.15, 0.2) is 0 Å². The average Bonchev–Trinajstić information content (AvgIpc) is 3.27. The van der Waals surface area contributed by atoms with Gasteiger partial charge in [-0.3, -0.25) is 9.59 Å². The van der Waals surface area contributed by atoms with Gasteiger partial charge in [0.2, 0.25) is 0 Å². The first-order chi connectivity index (χ1) is 14.5. The lowest BCUT2D eigenvalue weighted by atomic mass is 10.2. The van der Waals surface area contributed by atoms with Gasteiger partial charge in [0.05, 0.1) is 22.4 Å². The molecule has 2 N–H and O–H groups in total. The Bertz CT molecular complexity index is 930. The highest BCUT2D eigenvalue weighted by Crippen LogP contribution is 2.23. The second-order valence-electron chi connectivity index (χ2n) is 6.65. The maximum absolute atomic E-state index is 11.8. The van der Waals surface area contributed by atoms with Gasteiger partial charge in [-0.05, 0) is 48.2 Å². The van der Waals surface area contributed by atoms with Crippen LogP contribution in [0.15, 0.2) is 47.6 Å². The predicted octanol–water partition coefficient (Wildman–Crippen LogP) is 3.32. The molecule has 0 aliphatic carbocycles. The van der Waals surface area contributed by atoms with E-state index >= 15 is 0 Å². The van der Waals surface area contributed by atoms with Gasteiger partial charge in [0.1, 0.15) is 12.4 Å². The van der Waals surface area contributed by atoms with E-state index in [1.165, 1.54) is 6.21 Å². The van der Waals surface area contributed by atoms with Gasteiger partial charge in [-0.2, -0.15) is 5.10 Å². The average molecular weight is 450 g/mol. The molecule has 2 aromatic carbocycles. The number of hydrogen-bond acceptors (Lipinski definition) is 5. The van der Waals surface area contributed by atoms with Crippen LogP contribution in [0.4, 0.5) is 0 Å². The smallest absolute Gasteiger partial charge is 0.329 e. The summed E-state index contributed by atoms with van der Waals surface area (Å²) in [6.45, 7) is 1.32. The standard InChI is InChI=1S/C21H21Cl2N3O4/c22-18-7-6-15(10-19(18)23)13-30-16-4-1-3-14(9-16)11-25-26-21(28)20(27)24-12-17-5-2-8-29-17/h1,3-4,6-7,9-11,17H,2,5,8,12-13H2,(H,24,27)(H,26,28)/b25-11-/t17-/m0/s1. The monoisotopic (exact) mass is 449 g/mol. The van der Waals surface area contributed by atoms with Crippen LogP contribution in [0, 0.1) is 0 Å². The normalized spacial score (nSPS) is 15.9. The summed E-state index contributed by atoms with van der Waals surface area (Å²) in [5.41, 5.74) is 3.78. The zero-order valence-corrected chi connectivity index (χ0v) is 17.6. The molecule has 0 bridgehead atoms. The molecule has 0 spiro atoms. The third kappa shape index (κ3) is 6.73. The van der Waals surface area contributed by atoms with Crippen molar-refractivity contribution >= 4 is 41.2 Å². The van der Waals surface area contributed by atoms with E-state index in [-0.39, 0.29) is 6.10 Å². The van der Waals surface area contributed by atoms with Crippen molar-refractivity contribution in [3.05, 3.63) is 63.6 Å². The molecule has 2 aromatic rings. The SMILES string of the molecule is O=C(NC[C@@H]1CCCO1)C(=O)N/N=C\c1cccc(OCc2ccc(Cl)c(Cl)c2)c1. The van der Waals surface area contributed by atoms with E-state index < -0.39 is 11.8 Å². The minimum absolute atomic E-state index is 0.0307. The molecule has 9 heteroatoms. The number of rotatable bonds is 7. The van der Waals surface area contributed by atoms with Gasteiger partial charge in [-0.1, -0.05) is 41.4 Å². The summed E-state index contributed by atoms with van der Waals surface area (Å²) in [6.07, 6.45) is 3.24. The number of benzene rings is 2. The fourth-order valence-electron chi connectivity index (χ4n) is 2.79. The van der Waals surface area contributed by atoms with E-state index in [4.69, 9.17) is 32.7 Å². The van der Waals surface area contributed by atoms with Crippen molar-refractivity contribution in [2.24, 2.45) is 5.10 Å². The molecule has 158 valence electrons. The topological polar surface area (TPSA) is 89.0 Å². The minimum atomic E-state index is -0.837. The molecule has 0 aromatic heterocycles. The Hall–Kier alpha value is -2.61. The predicted molar refractivity (Wildman–Crippen MR) is 115 cm³/mol. The Morgan fingerprint density at radius 2 is 2.03 bits per heavy atom. The van der Waals surface area contributed by atoms with Gasteiger partial charge in [-0.25, -0.2) is 5.43 Å². The van der Waals surface area contributed by atoms with E-state index in [1.807, 2.05) is 6.07 Å². The van der Waals surface area contributed by atoms with Crippen molar-refractivity contribution in [2.45, 2.75) is 25.6 Å². The first-order valence-corrected chi connectivity index (χ1v) is 10.2. The molecule has 2 amide bonds.